The van der Waals surface area contributed by atoms with Gasteiger partial charge in [-0.1, -0.05) is 13.0 Å². The Bertz CT molecular complexity index is 569. The summed E-state index contributed by atoms with van der Waals surface area (Å²) in [6.07, 6.45) is 2.45. The Kier molecular flexibility index (Phi) is 3.87. The predicted molar refractivity (Wildman–Crippen MR) is 81.2 cm³/mol. The van der Waals surface area contributed by atoms with E-state index in [2.05, 4.69) is 40.2 Å². The number of nitrogens with one attached hydrogen (secondary N) is 1. The molecule has 5 nitrogen and oxygen atoms in total. The lowest BCUT2D eigenvalue weighted by molar-refractivity contribution is 0.384. The minimum absolute atomic E-state index is 0.796. The topological polar surface area (TPSA) is 45.5 Å². The van der Waals surface area contributed by atoms with Gasteiger partial charge in [0.1, 0.15) is 0 Å². The summed E-state index contributed by atoms with van der Waals surface area (Å²) >= 11 is 0. The Balaban J connectivity index is 1.69. The maximum atomic E-state index is 4.65. The molecule has 0 bridgehead atoms. The minimum atomic E-state index is 0.796. The van der Waals surface area contributed by atoms with E-state index in [1.54, 1.807) is 0 Å². The summed E-state index contributed by atoms with van der Waals surface area (Å²) in [5.41, 5.74) is 2.07. The zero-order valence-corrected chi connectivity index (χ0v) is 12.3. The molecule has 0 saturated carbocycles. The average Bonchev–Trinajstić information content (AvgIpc) is 2.91. The van der Waals surface area contributed by atoms with Crippen molar-refractivity contribution in [3.05, 3.63) is 23.9 Å². The van der Waals surface area contributed by atoms with Crippen molar-refractivity contribution in [1.82, 2.24) is 19.9 Å². The van der Waals surface area contributed by atoms with Crippen LogP contribution in [0.25, 0.3) is 5.65 Å². The van der Waals surface area contributed by atoms with Crippen LogP contribution >= 0.6 is 0 Å². The van der Waals surface area contributed by atoms with Crippen LogP contribution in [0.1, 0.15) is 25.5 Å². The van der Waals surface area contributed by atoms with Gasteiger partial charge in [0, 0.05) is 18.8 Å². The highest BCUT2D eigenvalue weighted by Crippen LogP contribution is 2.21. The summed E-state index contributed by atoms with van der Waals surface area (Å²) in [4.78, 5) is 6.96. The van der Waals surface area contributed by atoms with Crippen molar-refractivity contribution in [2.75, 3.05) is 31.1 Å². The molecule has 2 aromatic rings. The summed E-state index contributed by atoms with van der Waals surface area (Å²) in [7, 11) is 0. The molecular weight excluding hydrogens is 250 g/mol. The number of rotatable bonds is 4. The van der Waals surface area contributed by atoms with Crippen molar-refractivity contribution in [2.45, 2.75) is 26.7 Å². The van der Waals surface area contributed by atoms with E-state index in [1.165, 1.54) is 12.8 Å². The summed E-state index contributed by atoms with van der Waals surface area (Å²) < 4.78 is 1.93. The molecule has 1 fully saturated rings. The molecule has 1 N–H and O–H groups in total. The number of pyridine rings is 1. The standard InChI is InChI=1S/C15H23N5/c1-3-16-11-13-7-9-19(10-8-13)15-17-14-6-4-5-12(2)20(14)18-15/h4-6,13,16H,3,7-11H2,1-2H3. The molecular formula is C15H23N5. The lowest BCUT2D eigenvalue weighted by Gasteiger charge is -2.31. The van der Waals surface area contributed by atoms with Gasteiger partial charge < -0.3 is 10.2 Å². The Morgan fingerprint density at radius 2 is 2.10 bits per heavy atom. The summed E-state index contributed by atoms with van der Waals surface area (Å²) in [5.74, 6) is 1.67. The smallest absolute Gasteiger partial charge is 0.245 e. The van der Waals surface area contributed by atoms with Gasteiger partial charge in [0.2, 0.25) is 5.95 Å². The number of aryl methyl sites for hydroxylation is 1. The fraction of sp³-hybridized carbons (Fsp3) is 0.600. The van der Waals surface area contributed by atoms with Crippen molar-refractivity contribution in [2.24, 2.45) is 5.92 Å². The van der Waals surface area contributed by atoms with E-state index in [9.17, 15) is 0 Å². The van der Waals surface area contributed by atoms with Crippen LogP contribution in [0.15, 0.2) is 18.2 Å². The molecule has 108 valence electrons. The maximum Gasteiger partial charge on any atom is 0.245 e. The number of nitrogens with zero attached hydrogens (tertiary/aromatic N) is 4. The van der Waals surface area contributed by atoms with Gasteiger partial charge in [-0.15, -0.1) is 5.10 Å². The Morgan fingerprint density at radius 1 is 1.30 bits per heavy atom. The number of aromatic nitrogens is 3. The molecule has 0 aromatic carbocycles. The molecule has 2 aromatic heterocycles. The predicted octanol–water partition coefficient (Wildman–Crippen LogP) is 1.86. The number of hydrogen-bond acceptors (Lipinski definition) is 4. The summed E-state index contributed by atoms with van der Waals surface area (Å²) in [6, 6.07) is 6.11. The van der Waals surface area contributed by atoms with Crippen LogP contribution in [0.5, 0.6) is 0 Å². The van der Waals surface area contributed by atoms with Crippen LogP contribution in [0.4, 0.5) is 5.95 Å². The van der Waals surface area contributed by atoms with Crippen LogP contribution < -0.4 is 10.2 Å². The van der Waals surface area contributed by atoms with Crippen LogP contribution in [-0.4, -0.2) is 40.8 Å². The highest BCUT2D eigenvalue weighted by molar-refractivity contribution is 5.45. The number of fused-ring (bicyclic) bond motifs is 1. The molecule has 0 amide bonds. The molecule has 20 heavy (non-hydrogen) atoms. The zero-order valence-electron chi connectivity index (χ0n) is 12.3. The molecule has 1 aliphatic heterocycles. The highest BCUT2D eigenvalue weighted by Gasteiger charge is 2.21. The first-order valence-corrected chi connectivity index (χ1v) is 7.56. The monoisotopic (exact) mass is 273 g/mol. The van der Waals surface area contributed by atoms with Gasteiger partial charge in [-0.2, -0.15) is 4.98 Å². The van der Waals surface area contributed by atoms with Crippen molar-refractivity contribution in [1.29, 1.82) is 0 Å². The van der Waals surface area contributed by atoms with Crippen LogP contribution in [0, 0.1) is 12.8 Å². The fourth-order valence-electron chi connectivity index (χ4n) is 2.84. The zero-order chi connectivity index (χ0) is 13.9. The first-order chi connectivity index (χ1) is 9.78. The normalized spacial score (nSPS) is 17.0. The molecule has 1 aliphatic rings. The quantitative estimate of drug-likeness (QED) is 0.923. The second-order valence-electron chi connectivity index (χ2n) is 5.59. The molecule has 5 heteroatoms. The Labute approximate surface area is 120 Å². The second-order valence-corrected chi connectivity index (χ2v) is 5.59. The SMILES string of the molecule is CCNCC1CCN(c2nc3cccc(C)n3n2)CC1. The lowest BCUT2D eigenvalue weighted by atomic mass is 9.97. The number of anilines is 1. The van der Waals surface area contributed by atoms with E-state index in [-0.39, 0.29) is 0 Å². The maximum absolute atomic E-state index is 4.65. The van der Waals surface area contributed by atoms with Gasteiger partial charge in [0.25, 0.3) is 0 Å². The van der Waals surface area contributed by atoms with Gasteiger partial charge in [-0.3, -0.25) is 0 Å². The summed E-state index contributed by atoms with van der Waals surface area (Å²) in [6.45, 7) is 8.56. The first-order valence-electron chi connectivity index (χ1n) is 7.56. The molecule has 0 unspecified atom stereocenters. The van der Waals surface area contributed by atoms with Gasteiger partial charge in [0.05, 0.1) is 0 Å². The average molecular weight is 273 g/mol. The van der Waals surface area contributed by atoms with Crippen molar-refractivity contribution < 1.29 is 0 Å². The van der Waals surface area contributed by atoms with E-state index in [1.807, 2.05) is 16.6 Å². The van der Waals surface area contributed by atoms with Gasteiger partial charge in [0.15, 0.2) is 5.65 Å². The molecule has 0 atom stereocenters. The molecule has 3 rings (SSSR count). The Morgan fingerprint density at radius 3 is 2.80 bits per heavy atom. The molecule has 0 aliphatic carbocycles. The molecule has 1 saturated heterocycles. The molecule has 0 spiro atoms. The van der Waals surface area contributed by atoms with Crippen molar-refractivity contribution in [3.63, 3.8) is 0 Å². The molecule has 3 heterocycles. The van der Waals surface area contributed by atoms with Gasteiger partial charge >= 0.3 is 0 Å². The van der Waals surface area contributed by atoms with Crippen molar-refractivity contribution >= 4 is 11.6 Å². The third-order valence-electron chi connectivity index (χ3n) is 4.12. The van der Waals surface area contributed by atoms with Crippen LogP contribution in [0.2, 0.25) is 0 Å². The van der Waals surface area contributed by atoms with Gasteiger partial charge in [-0.05, 0) is 50.9 Å². The molecule has 0 radical (unpaired) electrons. The Hall–Kier alpha value is -1.62. The third-order valence-corrected chi connectivity index (χ3v) is 4.12. The van der Waals surface area contributed by atoms with Gasteiger partial charge in [-0.25, -0.2) is 4.52 Å². The second kappa shape index (κ2) is 5.79. The van der Waals surface area contributed by atoms with E-state index < -0.39 is 0 Å². The van der Waals surface area contributed by atoms with E-state index in [0.29, 0.717) is 0 Å². The van der Waals surface area contributed by atoms with E-state index in [4.69, 9.17) is 0 Å². The fourth-order valence-corrected chi connectivity index (χ4v) is 2.84. The largest absolute Gasteiger partial charge is 0.339 e. The summed E-state index contributed by atoms with van der Waals surface area (Å²) in [5, 5.41) is 8.09. The van der Waals surface area contributed by atoms with Crippen LogP contribution in [0.3, 0.4) is 0 Å². The van der Waals surface area contributed by atoms with Crippen molar-refractivity contribution in [3.8, 4) is 0 Å². The number of hydrogen-bond donors (Lipinski definition) is 1. The van der Waals surface area contributed by atoms with E-state index in [0.717, 1.165) is 49.4 Å². The van der Waals surface area contributed by atoms with E-state index >= 15 is 0 Å². The minimum Gasteiger partial charge on any atom is -0.339 e. The lowest BCUT2D eigenvalue weighted by Crippen LogP contribution is -2.37. The highest BCUT2D eigenvalue weighted by atomic mass is 15.4. The third kappa shape index (κ3) is 2.63. The van der Waals surface area contributed by atoms with Crippen LogP contribution in [-0.2, 0) is 0 Å². The first kappa shape index (κ1) is 13.4. The number of piperidine rings is 1.